The molecule has 31 heavy (non-hydrogen) atoms. The highest BCUT2D eigenvalue weighted by Crippen LogP contribution is 2.32. The average Bonchev–Trinajstić information content (AvgIpc) is 3.27. The van der Waals surface area contributed by atoms with Gasteiger partial charge in [0.15, 0.2) is 0 Å². The molecule has 0 unspecified atom stereocenters. The van der Waals surface area contributed by atoms with E-state index in [0.717, 1.165) is 37.5 Å². The van der Waals surface area contributed by atoms with Crippen LogP contribution in [0.1, 0.15) is 34.9 Å². The molecule has 0 radical (unpaired) electrons. The minimum atomic E-state index is -0.0763. The predicted molar refractivity (Wildman–Crippen MR) is 119 cm³/mol. The molecule has 1 aliphatic carbocycles. The third-order valence-corrected chi connectivity index (χ3v) is 5.95. The van der Waals surface area contributed by atoms with Gasteiger partial charge in [0.05, 0.1) is 19.4 Å². The van der Waals surface area contributed by atoms with E-state index in [4.69, 9.17) is 14.5 Å². The number of methoxy groups -OCH3 is 1. The molecule has 0 bridgehead atoms. The molecule has 0 amide bonds. The quantitative estimate of drug-likeness (QED) is 0.656. The van der Waals surface area contributed by atoms with Gasteiger partial charge in [-0.2, -0.15) is 0 Å². The Hall–Kier alpha value is -3.03. The smallest absolute Gasteiger partial charge is 0.228 e. The first-order valence-corrected chi connectivity index (χ1v) is 10.8. The highest BCUT2D eigenvalue weighted by molar-refractivity contribution is 5.47. The SMILES string of the molecule is COc1cc2c(cc1CN1CCO[C@@H](c3cccc(Nc4ncccn4)n3)C1)CCC2. The summed E-state index contributed by atoms with van der Waals surface area (Å²) in [6, 6.07) is 12.3. The Morgan fingerprint density at radius 3 is 2.81 bits per heavy atom. The largest absolute Gasteiger partial charge is 0.496 e. The maximum atomic E-state index is 6.07. The van der Waals surface area contributed by atoms with Crippen molar-refractivity contribution in [1.82, 2.24) is 19.9 Å². The van der Waals surface area contributed by atoms with E-state index in [-0.39, 0.29) is 6.10 Å². The van der Waals surface area contributed by atoms with Crippen molar-refractivity contribution >= 4 is 11.8 Å². The van der Waals surface area contributed by atoms with E-state index in [1.54, 1.807) is 25.6 Å². The van der Waals surface area contributed by atoms with Gasteiger partial charge in [-0.25, -0.2) is 15.0 Å². The van der Waals surface area contributed by atoms with Gasteiger partial charge >= 0.3 is 0 Å². The Morgan fingerprint density at radius 1 is 1.13 bits per heavy atom. The van der Waals surface area contributed by atoms with Crippen molar-refractivity contribution < 1.29 is 9.47 Å². The monoisotopic (exact) mass is 417 g/mol. The summed E-state index contributed by atoms with van der Waals surface area (Å²) in [6.45, 7) is 3.22. The number of nitrogens with one attached hydrogen (secondary N) is 1. The highest BCUT2D eigenvalue weighted by Gasteiger charge is 2.25. The van der Waals surface area contributed by atoms with Crippen LogP contribution in [0.3, 0.4) is 0 Å². The van der Waals surface area contributed by atoms with E-state index in [2.05, 4.69) is 32.3 Å². The van der Waals surface area contributed by atoms with Crippen LogP contribution in [0, 0.1) is 0 Å². The van der Waals surface area contributed by atoms with Crippen molar-refractivity contribution in [2.45, 2.75) is 31.9 Å². The second kappa shape index (κ2) is 8.99. The first kappa shape index (κ1) is 19.9. The van der Waals surface area contributed by atoms with Crippen LogP contribution in [-0.4, -0.2) is 46.7 Å². The number of hydrogen-bond donors (Lipinski definition) is 1. The molecule has 1 saturated heterocycles. The first-order chi connectivity index (χ1) is 15.3. The number of nitrogens with zero attached hydrogens (tertiary/aromatic N) is 4. The van der Waals surface area contributed by atoms with Gasteiger partial charge in [0.2, 0.25) is 5.95 Å². The third kappa shape index (κ3) is 4.52. The minimum Gasteiger partial charge on any atom is -0.496 e. The van der Waals surface area contributed by atoms with Gasteiger partial charge in [-0.05, 0) is 54.7 Å². The molecule has 5 rings (SSSR count). The third-order valence-electron chi connectivity index (χ3n) is 5.95. The van der Waals surface area contributed by atoms with E-state index in [1.165, 1.54) is 29.5 Å². The van der Waals surface area contributed by atoms with E-state index < -0.39 is 0 Å². The molecule has 7 heteroatoms. The van der Waals surface area contributed by atoms with Crippen molar-refractivity contribution in [3.63, 3.8) is 0 Å². The molecule has 3 aromatic rings. The number of anilines is 2. The Labute approximate surface area is 182 Å². The van der Waals surface area contributed by atoms with Gasteiger partial charge < -0.3 is 14.8 Å². The van der Waals surface area contributed by atoms with Crippen LogP contribution in [0.15, 0.2) is 48.8 Å². The Kier molecular flexibility index (Phi) is 5.78. The summed E-state index contributed by atoms with van der Waals surface area (Å²) < 4.78 is 11.8. The first-order valence-electron chi connectivity index (χ1n) is 10.8. The maximum absolute atomic E-state index is 6.07. The zero-order valence-electron chi connectivity index (χ0n) is 17.8. The number of hydrogen-bond acceptors (Lipinski definition) is 7. The van der Waals surface area contributed by atoms with E-state index in [1.807, 2.05) is 18.2 Å². The van der Waals surface area contributed by atoms with E-state index in [9.17, 15) is 0 Å². The molecular formula is C24H27N5O2. The molecule has 1 atom stereocenters. The van der Waals surface area contributed by atoms with Crippen molar-refractivity contribution in [2.75, 3.05) is 32.1 Å². The van der Waals surface area contributed by atoms with Gasteiger partial charge in [-0.3, -0.25) is 4.90 Å². The maximum Gasteiger partial charge on any atom is 0.228 e. The molecule has 0 saturated carbocycles. The fraction of sp³-hybridized carbons (Fsp3) is 0.375. The van der Waals surface area contributed by atoms with Gasteiger partial charge in [0, 0.05) is 37.6 Å². The van der Waals surface area contributed by atoms with Crippen molar-refractivity contribution in [3.05, 3.63) is 71.2 Å². The number of aryl methyl sites for hydroxylation is 2. The molecule has 2 aliphatic rings. The molecule has 1 N–H and O–H groups in total. The van der Waals surface area contributed by atoms with Crippen LogP contribution < -0.4 is 10.1 Å². The predicted octanol–water partition coefficient (Wildman–Crippen LogP) is 3.69. The highest BCUT2D eigenvalue weighted by atomic mass is 16.5. The zero-order chi connectivity index (χ0) is 21.0. The van der Waals surface area contributed by atoms with Gasteiger partial charge in [0.25, 0.3) is 0 Å². The molecule has 7 nitrogen and oxygen atoms in total. The Morgan fingerprint density at radius 2 is 1.97 bits per heavy atom. The second-order valence-corrected chi connectivity index (χ2v) is 8.03. The Bertz CT molecular complexity index is 1040. The van der Waals surface area contributed by atoms with Crippen molar-refractivity contribution in [3.8, 4) is 5.75 Å². The normalized spacial score (nSPS) is 18.5. The number of aromatic nitrogens is 3. The van der Waals surface area contributed by atoms with Gasteiger partial charge in [-0.15, -0.1) is 0 Å². The Balaban J connectivity index is 1.29. The molecule has 1 fully saturated rings. The van der Waals surface area contributed by atoms with Crippen molar-refractivity contribution in [1.29, 1.82) is 0 Å². The minimum absolute atomic E-state index is 0.0763. The van der Waals surface area contributed by atoms with Crippen LogP contribution in [0.4, 0.5) is 11.8 Å². The summed E-state index contributed by atoms with van der Waals surface area (Å²) in [4.78, 5) is 15.6. The number of rotatable bonds is 6. The molecule has 0 spiro atoms. The summed E-state index contributed by atoms with van der Waals surface area (Å²) in [5.41, 5.74) is 5.08. The molecular weight excluding hydrogens is 390 g/mol. The van der Waals surface area contributed by atoms with Crippen LogP contribution in [-0.2, 0) is 24.1 Å². The van der Waals surface area contributed by atoms with Crippen molar-refractivity contribution in [2.24, 2.45) is 0 Å². The molecule has 1 aliphatic heterocycles. The number of morpholine rings is 1. The number of pyridine rings is 1. The zero-order valence-corrected chi connectivity index (χ0v) is 17.8. The summed E-state index contributed by atoms with van der Waals surface area (Å²) in [7, 11) is 1.77. The molecule has 160 valence electrons. The standard InChI is InChI=1S/C24H27N5O2/c1-30-21-14-18-6-2-5-17(18)13-19(21)15-29-11-12-31-22(16-29)20-7-3-8-23(27-20)28-24-25-9-4-10-26-24/h3-4,7-10,13-14,22H,2,5-6,11-12,15-16H2,1H3,(H,25,26,27,28)/t22-/m1/s1. The van der Waals surface area contributed by atoms with E-state index in [0.29, 0.717) is 18.4 Å². The lowest BCUT2D eigenvalue weighted by molar-refractivity contribution is -0.0351. The van der Waals surface area contributed by atoms with Crippen LogP contribution in [0.25, 0.3) is 0 Å². The fourth-order valence-electron chi connectivity index (χ4n) is 4.41. The lowest BCUT2D eigenvalue weighted by Crippen LogP contribution is -2.38. The van der Waals surface area contributed by atoms with Gasteiger partial charge in [0.1, 0.15) is 17.7 Å². The van der Waals surface area contributed by atoms with Crippen LogP contribution in [0.2, 0.25) is 0 Å². The summed E-state index contributed by atoms with van der Waals surface area (Å²) in [5, 5.41) is 3.15. The average molecular weight is 418 g/mol. The topological polar surface area (TPSA) is 72.4 Å². The van der Waals surface area contributed by atoms with Crippen LogP contribution >= 0.6 is 0 Å². The summed E-state index contributed by atoms with van der Waals surface area (Å²) in [5.74, 6) is 2.24. The number of ether oxygens (including phenoxy) is 2. The number of benzene rings is 1. The molecule has 1 aromatic carbocycles. The molecule has 3 heterocycles. The van der Waals surface area contributed by atoms with Crippen LogP contribution in [0.5, 0.6) is 5.75 Å². The van der Waals surface area contributed by atoms with E-state index >= 15 is 0 Å². The lowest BCUT2D eigenvalue weighted by atomic mass is 10.0. The molecule has 2 aromatic heterocycles. The van der Waals surface area contributed by atoms with Gasteiger partial charge in [-0.1, -0.05) is 12.1 Å². The fourth-order valence-corrected chi connectivity index (χ4v) is 4.41. The second-order valence-electron chi connectivity index (χ2n) is 8.03. The number of fused-ring (bicyclic) bond motifs is 1. The summed E-state index contributed by atoms with van der Waals surface area (Å²) >= 11 is 0. The summed E-state index contributed by atoms with van der Waals surface area (Å²) in [6.07, 6.45) is 6.91. The lowest BCUT2D eigenvalue weighted by Gasteiger charge is -2.33.